The molecule has 0 atom stereocenters. The smallest absolute Gasteiger partial charge is 0.0716 e. The lowest BCUT2D eigenvalue weighted by molar-refractivity contribution is 1.18. The Balaban J connectivity index is 1.37. The lowest BCUT2D eigenvalue weighted by Crippen LogP contribution is -2.01. The van der Waals surface area contributed by atoms with Gasteiger partial charge in [0.15, 0.2) is 0 Å². The lowest BCUT2D eigenvalue weighted by Gasteiger charge is -2.10. The highest BCUT2D eigenvalue weighted by molar-refractivity contribution is 6.12. The average Bonchev–Trinajstić information content (AvgIpc) is 3.19. The van der Waals surface area contributed by atoms with Crippen molar-refractivity contribution in [1.82, 2.24) is 0 Å². The van der Waals surface area contributed by atoms with Gasteiger partial charge < -0.3 is 0 Å². The number of allylic oxidation sites excluding steroid dienone is 12. The Morgan fingerprint density at radius 2 is 1.31 bits per heavy atom. The van der Waals surface area contributed by atoms with Gasteiger partial charge in [-0.15, -0.1) is 0 Å². The maximum Gasteiger partial charge on any atom is 0.0716 e. The van der Waals surface area contributed by atoms with E-state index in [0.717, 1.165) is 44.8 Å². The summed E-state index contributed by atoms with van der Waals surface area (Å²) in [5, 5.41) is 2.46. The Labute approximate surface area is 308 Å². The van der Waals surface area contributed by atoms with Gasteiger partial charge in [0.05, 0.1) is 18.0 Å². The zero-order chi connectivity index (χ0) is 36.0. The molecular weight excluding hydrogens is 629 g/mol. The molecule has 252 valence electrons. The van der Waals surface area contributed by atoms with Crippen molar-refractivity contribution in [3.63, 3.8) is 0 Å². The van der Waals surface area contributed by atoms with Crippen molar-refractivity contribution in [2.75, 3.05) is 6.54 Å². The third-order valence-corrected chi connectivity index (χ3v) is 8.86. The Hall–Kier alpha value is -6.64. The van der Waals surface area contributed by atoms with E-state index in [2.05, 4.69) is 194 Å². The summed E-state index contributed by atoms with van der Waals surface area (Å²) in [7, 11) is 0. The van der Waals surface area contributed by atoms with Crippen LogP contribution in [0.1, 0.15) is 34.7 Å². The van der Waals surface area contributed by atoms with Gasteiger partial charge >= 0.3 is 0 Å². The standard InChI is InChI=1S/C50H42N2/c1-4-6-19-39(5-2)42-28-32-45(33-29-42)49(51-3)36-50(46-34-30-44(31-35-46)48-27-16-25-43-24-14-15-26-47(43)48)52-37-38-17-8-7-9-20-40-22-12-13-23-41(40)21-11-10-18-38/h4-36H,2-3,37H2,1H3/b6-4-,8-7-,9-7?,11-10?,17-8?,18-10+,20-9+,21-11-,38-17+,38-18?,39-19+,40-20?,41-21?,49-36-,52-50?. The van der Waals surface area contributed by atoms with E-state index in [1.165, 1.54) is 27.5 Å². The van der Waals surface area contributed by atoms with Gasteiger partial charge in [-0.2, -0.15) is 0 Å². The minimum absolute atomic E-state index is 0.480. The second-order valence-electron chi connectivity index (χ2n) is 12.3. The van der Waals surface area contributed by atoms with Crippen molar-refractivity contribution >= 4 is 46.6 Å². The summed E-state index contributed by atoms with van der Waals surface area (Å²) in [5.41, 5.74) is 11.4. The molecule has 0 N–H and O–H groups in total. The van der Waals surface area contributed by atoms with Crippen molar-refractivity contribution in [3.8, 4) is 11.1 Å². The molecule has 52 heavy (non-hydrogen) atoms. The van der Waals surface area contributed by atoms with Crippen LogP contribution < -0.4 is 0 Å². The molecule has 1 aliphatic carbocycles. The number of fused-ring (bicyclic) bond motifs is 2. The molecule has 0 amide bonds. The number of nitrogens with zero attached hydrogens (tertiary/aromatic N) is 2. The van der Waals surface area contributed by atoms with Gasteiger partial charge in [-0.05, 0) is 75.0 Å². The Morgan fingerprint density at radius 1 is 0.654 bits per heavy atom. The Morgan fingerprint density at radius 3 is 2.04 bits per heavy atom. The largest absolute Gasteiger partial charge is 0.280 e. The quantitative estimate of drug-likeness (QED) is 0.104. The van der Waals surface area contributed by atoms with Crippen LogP contribution in [0.5, 0.6) is 0 Å². The first-order valence-electron chi connectivity index (χ1n) is 17.5. The van der Waals surface area contributed by atoms with Gasteiger partial charge in [0.25, 0.3) is 0 Å². The highest BCUT2D eigenvalue weighted by atomic mass is 14.8. The van der Waals surface area contributed by atoms with E-state index in [1.54, 1.807) is 0 Å². The molecule has 0 spiro atoms. The number of hydrogen-bond donors (Lipinski definition) is 0. The van der Waals surface area contributed by atoms with E-state index in [0.29, 0.717) is 6.54 Å². The van der Waals surface area contributed by atoms with Gasteiger partial charge in [0.1, 0.15) is 0 Å². The molecule has 1 aliphatic rings. The third-order valence-electron chi connectivity index (χ3n) is 8.86. The maximum atomic E-state index is 5.21. The van der Waals surface area contributed by atoms with Crippen molar-refractivity contribution in [1.29, 1.82) is 0 Å². The Kier molecular flexibility index (Phi) is 12.1. The zero-order valence-electron chi connectivity index (χ0n) is 29.6. The number of aliphatic imine (C=N–C) groups is 2. The van der Waals surface area contributed by atoms with Gasteiger partial charge in [0.2, 0.25) is 0 Å². The summed E-state index contributed by atoms with van der Waals surface area (Å²) in [6.45, 7) is 10.4. The molecule has 0 fully saturated rings. The summed E-state index contributed by atoms with van der Waals surface area (Å²) >= 11 is 0. The molecule has 0 saturated carbocycles. The van der Waals surface area contributed by atoms with E-state index in [4.69, 9.17) is 4.99 Å². The van der Waals surface area contributed by atoms with E-state index in [1.807, 2.05) is 31.2 Å². The first kappa shape index (κ1) is 35.2. The van der Waals surface area contributed by atoms with Crippen molar-refractivity contribution < 1.29 is 0 Å². The molecule has 5 aromatic carbocycles. The van der Waals surface area contributed by atoms with Crippen LogP contribution in [0.25, 0.3) is 45.3 Å². The third kappa shape index (κ3) is 8.93. The normalized spacial score (nSPS) is 17.2. The Bertz CT molecular complexity index is 2320. The molecule has 6 rings (SSSR count). The van der Waals surface area contributed by atoms with Crippen LogP contribution in [0.4, 0.5) is 0 Å². The van der Waals surface area contributed by atoms with Crippen LogP contribution in [-0.4, -0.2) is 19.0 Å². The fourth-order valence-corrected chi connectivity index (χ4v) is 6.08. The summed E-state index contributed by atoms with van der Waals surface area (Å²) in [5.74, 6) is 0. The van der Waals surface area contributed by atoms with Crippen LogP contribution in [0.15, 0.2) is 210 Å². The number of benzene rings is 5. The zero-order valence-corrected chi connectivity index (χ0v) is 29.6. The predicted molar refractivity (Wildman–Crippen MR) is 229 cm³/mol. The second-order valence-corrected chi connectivity index (χ2v) is 12.3. The van der Waals surface area contributed by atoms with E-state index < -0.39 is 0 Å². The summed E-state index contributed by atoms with van der Waals surface area (Å²) in [6, 6.07) is 40.3. The predicted octanol–water partition coefficient (Wildman–Crippen LogP) is 13.0. The molecule has 0 aliphatic heterocycles. The van der Waals surface area contributed by atoms with Crippen LogP contribution in [0.2, 0.25) is 0 Å². The molecule has 0 radical (unpaired) electrons. The minimum Gasteiger partial charge on any atom is -0.280 e. The van der Waals surface area contributed by atoms with Crippen LogP contribution in [-0.2, 0) is 0 Å². The first-order chi connectivity index (χ1) is 25.7. The fourth-order valence-electron chi connectivity index (χ4n) is 6.08. The average molecular weight is 671 g/mol. The molecular formula is C50H42N2. The summed E-state index contributed by atoms with van der Waals surface area (Å²) in [6.07, 6.45) is 28.8. The van der Waals surface area contributed by atoms with Crippen molar-refractivity contribution in [3.05, 3.63) is 228 Å². The van der Waals surface area contributed by atoms with Crippen molar-refractivity contribution in [2.45, 2.75) is 6.92 Å². The number of hydrogen-bond acceptors (Lipinski definition) is 2. The fraction of sp³-hybridized carbons (Fsp3) is 0.0400. The molecule has 5 aromatic rings. The van der Waals surface area contributed by atoms with Crippen LogP contribution >= 0.6 is 0 Å². The van der Waals surface area contributed by atoms with Gasteiger partial charge in [-0.25, -0.2) is 0 Å². The highest BCUT2D eigenvalue weighted by Gasteiger charge is 2.09. The molecule has 0 bridgehead atoms. The van der Waals surface area contributed by atoms with Crippen LogP contribution in [0, 0.1) is 0 Å². The SMILES string of the molecule is C=C/C(=C\C=C/C)c1ccc(/C(=C/C(=NCC2=C/C=C\C=C\c3ccccc3/C=C\C=C\2)c2ccc(-c3cccc4ccccc34)cc2)N=C)cc1. The minimum atomic E-state index is 0.480. The summed E-state index contributed by atoms with van der Waals surface area (Å²) < 4.78 is 0. The van der Waals surface area contributed by atoms with Gasteiger partial charge in [-0.1, -0.05) is 201 Å². The first-order valence-corrected chi connectivity index (χ1v) is 17.5. The maximum absolute atomic E-state index is 5.21. The summed E-state index contributed by atoms with van der Waals surface area (Å²) in [4.78, 5) is 9.68. The van der Waals surface area contributed by atoms with Crippen LogP contribution in [0.3, 0.4) is 0 Å². The second kappa shape index (κ2) is 17.8. The molecule has 2 nitrogen and oxygen atoms in total. The van der Waals surface area contributed by atoms with Crippen molar-refractivity contribution in [2.24, 2.45) is 9.98 Å². The molecule has 0 saturated heterocycles. The van der Waals surface area contributed by atoms with E-state index in [-0.39, 0.29) is 0 Å². The molecule has 0 aromatic heterocycles. The highest BCUT2D eigenvalue weighted by Crippen LogP contribution is 2.29. The molecule has 0 unspecified atom stereocenters. The lowest BCUT2D eigenvalue weighted by atomic mass is 9.96. The topological polar surface area (TPSA) is 24.7 Å². The van der Waals surface area contributed by atoms with E-state index >= 15 is 0 Å². The van der Waals surface area contributed by atoms with Gasteiger partial charge in [-0.3, -0.25) is 9.98 Å². The van der Waals surface area contributed by atoms with Gasteiger partial charge in [0, 0.05) is 5.56 Å². The van der Waals surface area contributed by atoms with E-state index in [9.17, 15) is 0 Å². The molecule has 2 heteroatoms. The number of rotatable bonds is 10. The molecule has 0 heterocycles. The monoisotopic (exact) mass is 670 g/mol.